The van der Waals surface area contributed by atoms with Gasteiger partial charge in [0.2, 0.25) is 10.5 Å². The van der Waals surface area contributed by atoms with E-state index < -0.39 is 16.4 Å². The third-order valence-corrected chi connectivity index (χ3v) is 3.03. The molecule has 0 amide bonds. The molecule has 0 heterocycles. The van der Waals surface area contributed by atoms with Crippen LogP contribution in [0.4, 0.5) is 0 Å². The fourth-order valence-corrected chi connectivity index (χ4v) is 2.33. The maximum absolute atomic E-state index is 11.2. The lowest BCUT2D eigenvalue weighted by Crippen LogP contribution is -2.24. The SMILES string of the molecule is CCC(c1ccccc1)C(C(=O)Cl)C(=O)Cl. The average Bonchev–Trinajstić information content (AvgIpc) is 2.25. The molecule has 1 aromatic carbocycles. The van der Waals surface area contributed by atoms with E-state index in [9.17, 15) is 9.59 Å². The molecule has 0 fully saturated rings. The number of benzene rings is 1. The minimum atomic E-state index is -0.962. The van der Waals surface area contributed by atoms with Crippen molar-refractivity contribution < 1.29 is 9.59 Å². The molecule has 0 N–H and O–H groups in total. The van der Waals surface area contributed by atoms with Crippen LogP contribution in [0.25, 0.3) is 0 Å². The molecule has 1 rings (SSSR count). The van der Waals surface area contributed by atoms with Crippen molar-refractivity contribution in [1.29, 1.82) is 0 Å². The van der Waals surface area contributed by atoms with E-state index in [0.29, 0.717) is 6.42 Å². The molecule has 2 nitrogen and oxygen atoms in total. The van der Waals surface area contributed by atoms with Crippen LogP contribution >= 0.6 is 23.2 Å². The monoisotopic (exact) mass is 258 g/mol. The fraction of sp³-hybridized carbons (Fsp3) is 0.333. The standard InChI is InChI=1S/C12H12Cl2O2/c1-2-9(8-6-4-3-5-7-8)10(11(13)15)12(14)16/h3-7,9-10H,2H2,1H3. The van der Waals surface area contributed by atoms with Gasteiger partial charge in [-0.25, -0.2) is 0 Å². The molecule has 4 heteroatoms. The number of halogens is 2. The van der Waals surface area contributed by atoms with Crippen LogP contribution < -0.4 is 0 Å². The molecule has 0 aliphatic carbocycles. The highest BCUT2D eigenvalue weighted by Gasteiger charge is 2.32. The first kappa shape index (κ1) is 13.2. The van der Waals surface area contributed by atoms with E-state index in [0.717, 1.165) is 5.56 Å². The first-order valence-electron chi connectivity index (χ1n) is 5.01. The number of carbonyl (C=O) groups is 2. The van der Waals surface area contributed by atoms with E-state index in [1.165, 1.54) is 0 Å². The summed E-state index contributed by atoms with van der Waals surface area (Å²) in [6, 6.07) is 9.30. The molecule has 0 aliphatic heterocycles. The topological polar surface area (TPSA) is 34.1 Å². The van der Waals surface area contributed by atoms with Gasteiger partial charge in [0.25, 0.3) is 0 Å². The predicted molar refractivity (Wildman–Crippen MR) is 64.7 cm³/mol. The van der Waals surface area contributed by atoms with Crippen molar-refractivity contribution in [3.63, 3.8) is 0 Å². The van der Waals surface area contributed by atoms with Crippen molar-refractivity contribution in [2.75, 3.05) is 0 Å². The lowest BCUT2D eigenvalue weighted by atomic mass is 9.85. The summed E-state index contributed by atoms with van der Waals surface area (Å²) in [6.07, 6.45) is 0.631. The molecule has 0 aliphatic rings. The van der Waals surface area contributed by atoms with Gasteiger partial charge in [-0.2, -0.15) is 0 Å². The molecular formula is C12H12Cl2O2. The Kier molecular flexibility index (Phi) is 4.97. The summed E-state index contributed by atoms with van der Waals surface area (Å²) in [7, 11) is 0. The quantitative estimate of drug-likeness (QED) is 0.600. The van der Waals surface area contributed by atoms with E-state index in [-0.39, 0.29) is 5.92 Å². The smallest absolute Gasteiger partial charge is 0.234 e. The Hall–Kier alpha value is -0.860. The van der Waals surface area contributed by atoms with Gasteiger partial charge in [0.1, 0.15) is 5.92 Å². The fourth-order valence-electron chi connectivity index (χ4n) is 1.77. The minimum Gasteiger partial charge on any atom is -0.280 e. The van der Waals surface area contributed by atoms with Crippen LogP contribution in [0.3, 0.4) is 0 Å². The Balaban J connectivity index is 3.05. The predicted octanol–water partition coefficient (Wildman–Crippen LogP) is 3.33. The molecule has 1 atom stereocenters. The highest BCUT2D eigenvalue weighted by molar-refractivity contribution is 6.73. The average molecular weight is 259 g/mol. The van der Waals surface area contributed by atoms with Crippen molar-refractivity contribution in [2.24, 2.45) is 5.92 Å². The molecule has 0 radical (unpaired) electrons. The number of hydrogen-bond donors (Lipinski definition) is 0. The molecule has 0 saturated heterocycles. The second kappa shape index (κ2) is 6.02. The number of rotatable bonds is 5. The highest BCUT2D eigenvalue weighted by Crippen LogP contribution is 2.31. The Bertz CT molecular complexity index is 362. The normalized spacial score (nSPS) is 12.5. The largest absolute Gasteiger partial charge is 0.280 e. The van der Waals surface area contributed by atoms with Crippen molar-refractivity contribution in [1.82, 2.24) is 0 Å². The van der Waals surface area contributed by atoms with Crippen molar-refractivity contribution in [3.8, 4) is 0 Å². The van der Waals surface area contributed by atoms with Gasteiger partial charge in [-0.15, -0.1) is 0 Å². The van der Waals surface area contributed by atoms with E-state index in [1.54, 1.807) is 0 Å². The maximum Gasteiger partial charge on any atom is 0.234 e. The zero-order valence-corrected chi connectivity index (χ0v) is 10.3. The van der Waals surface area contributed by atoms with Crippen LogP contribution in [0.5, 0.6) is 0 Å². The van der Waals surface area contributed by atoms with Crippen LogP contribution in [-0.2, 0) is 9.59 Å². The van der Waals surface area contributed by atoms with Gasteiger partial charge in [-0.3, -0.25) is 9.59 Å². The molecule has 0 saturated carbocycles. The second-order valence-electron chi connectivity index (χ2n) is 3.51. The molecule has 16 heavy (non-hydrogen) atoms. The molecule has 1 aromatic rings. The Morgan fingerprint density at radius 3 is 2.00 bits per heavy atom. The molecule has 0 aromatic heterocycles. The van der Waals surface area contributed by atoms with Gasteiger partial charge in [0.05, 0.1) is 0 Å². The summed E-state index contributed by atoms with van der Waals surface area (Å²) in [5, 5.41) is -1.40. The van der Waals surface area contributed by atoms with Crippen LogP contribution in [0.1, 0.15) is 24.8 Å². The number of hydrogen-bond acceptors (Lipinski definition) is 2. The van der Waals surface area contributed by atoms with Crippen molar-refractivity contribution in [3.05, 3.63) is 35.9 Å². The summed E-state index contributed by atoms with van der Waals surface area (Å²) >= 11 is 10.8. The zero-order chi connectivity index (χ0) is 12.1. The first-order chi connectivity index (χ1) is 7.57. The van der Waals surface area contributed by atoms with Gasteiger partial charge in [-0.05, 0) is 35.2 Å². The third kappa shape index (κ3) is 3.06. The summed E-state index contributed by atoms with van der Waals surface area (Å²) in [5.41, 5.74) is 0.901. The highest BCUT2D eigenvalue weighted by atomic mass is 35.5. The third-order valence-electron chi connectivity index (χ3n) is 2.56. The summed E-state index contributed by atoms with van der Waals surface area (Å²) in [6.45, 7) is 1.89. The van der Waals surface area contributed by atoms with Gasteiger partial charge in [0, 0.05) is 5.92 Å². The number of carbonyl (C=O) groups excluding carboxylic acids is 2. The molecular weight excluding hydrogens is 247 g/mol. The Morgan fingerprint density at radius 2 is 1.62 bits per heavy atom. The van der Waals surface area contributed by atoms with E-state index in [2.05, 4.69) is 0 Å². The Morgan fingerprint density at radius 1 is 1.12 bits per heavy atom. The van der Waals surface area contributed by atoms with E-state index in [4.69, 9.17) is 23.2 Å². The van der Waals surface area contributed by atoms with Crippen LogP contribution in [0.15, 0.2) is 30.3 Å². The molecule has 0 bridgehead atoms. The molecule has 1 unspecified atom stereocenters. The minimum absolute atomic E-state index is 0.254. The molecule has 0 spiro atoms. The van der Waals surface area contributed by atoms with Crippen LogP contribution in [0, 0.1) is 5.92 Å². The second-order valence-corrected chi connectivity index (χ2v) is 4.26. The molecule has 86 valence electrons. The Labute approximate surface area is 105 Å². The lowest BCUT2D eigenvalue weighted by molar-refractivity contribution is -0.124. The van der Waals surface area contributed by atoms with E-state index >= 15 is 0 Å². The summed E-state index contributed by atoms with van der Waals surface area (Å²) in [5.74, 6) is -1.22. The van der Waals surface area contributed by atoms with E-state index in [1.807, 2.05) is 37.3 Å². The first-order valence-corrected chi connectivity index (χ1v) is 5.77. The van der Waals surface area contributed by atoms with Gasteiger partial charge < -0.3 is 0 Å². The zero-order valence-electron chi connectivity index (χ0n) is 8.82. The van der Waals surface area contributed by atoms with Crippen LogP contribution in [-0.4, -0.2) is 10.5 Å². The van der Waals surface area contributed by atoms with Gasteiger partial charge in [0.15, 0.2) is 0 Å². The maximum atomic E-state index is 11.2. The van der Waals surface area contributed by atoms with Gasteiger partial charge in [-0.1, -0.05) is 37.3 Å². The van der Waals surface area contributed by atoms with Gasteiger partial charge >= 0.3 is 0 Å². The van der Waals surface area contributed by atoms with Crippen LogP contribution in [0.2, 0.25) is 0 Å². The van der Waals surface area contributed by atoms with Crippen molar-refractivity contribution in [2.45, 2.75) is 19.3 Å². The van der Waals surface area contributed by atoms with Crippen molar-refractivity contribution >= 4 is 33.7 Å². The lowest BCUT2D eigenvalue weighted by Gasteiger charge is -2.20. The summed E-state index contributed by atoms with van der Waals surface area (Å²) < 4.78 is 0. The summed E-state index contributed by atoms with van der Waals surface area (Å²) in [4.78, 5) is 22.4.